The molecule has 4 N–H and O–H groups in total. The van der Waals surface area contributed by atoms with Gasteiger partial charge in [-0.15, -0.1) is 10.1 Å². The summed E-state index contributed by atoms with van der Waals surface area (Å²) in [5.41, 5.74) is 5.27. The van der Waals surface area contributed by atoms with Crippen LogP contribution in [0.5, 0.6) is 0 Å². The number of hydrogen-bond acceptors (Lipinski definition) is 7. The molecule has 1 aromatic carbocycles. The topological polar surface area (TPSA) is 156 Å². The molecule has 0 bridgehead atoms. The van der Waals surface area contributed by atoms with Gasteiger partial charge in [-0.25, -0.2) is 5.06 Å². The normalized spacial score (nSPS) is 13.0. The first-order valence-electron chi connectivity index (χ1n) is 5.65. The number of amides is 2. The third-order valence-corrected chi connectivity index (χ3v) is 2.45. The lowest BCUT2D eigenvalue weighted by molar-refractivity contribution is -0.766. The van der Waals surface area contributed by atoms with Crippen molar-refractivity contribution in [2.75, 3.05) is 0 Å². The van der Waals surface area contributed by atoms with E-state index in [0.29, 0.717) is 5.56 Å². The molecule has 0 aliphatic heterocycles. The SMILES string of the molecule is NC(=O)C(O)C(O[N+](=O)[O-])C(=O)N(O)Cc1ccccc1. The van der Waals surface area contributed by atoms with Crippen molar-refractivity contribution in [1.82, 2.24) is 5.06 Å². The molecule has 1 rings (SSSR count). The molecular weight excluding hydrogens is 286 g/mol. The van der Waals surface area contributed by atoms with E-state index in [1.54, 1.807) is 30.3 Å². The van der Waals surface area contributed by atoms with Crippen LogP contribution in [-0.2, 0) is 21.0 Å². The van der Waals surface area contributed by atoms with Crippen molar-refractivity contribution >= 4 is 11.8 Å². The predicted molar refractivity (Wildman–Crippen MR) is 65.8 cm³/mol. The van der Waals surface area contributed by atoms with E-state index < -0.39 is 29.1 Å². The van der Waals surface area contributed by atoms with Gasteiger partial charge in [-0.05, 0) is 5.56 Å². The summed E-state index contributed by atoms with van der Waals surface area (Å²) < 4.78 is 0. The van der Waals surface area contributed by atoms with Crippen LogP contribution < -0.4 is 5.73 Å². The van der Waals surface area contributed by atoms with E-state index in [9.17, 15) is 30.0 Å². The first-order chi connectivity index (χ1) is 9.82. The minimum absolute atomic E-state index is 0.0929. The van der Waals surface area contributed by atoms with Crippen molar-refractivity contribution in [3.8, 4) is 0 Å². The number of carbonyl (C=O) groups excluding carboxylic acids is 2. The van der Waals surface area contributed by atoms with Crippen molar-refractivity contribution in [2.24, 2.45) is 5.73 Å². The Labute approximate surface area is 118 Å². The number of rotatable bonds is 7. The molecule has 0 saturated carbocycles. The van der Waals surface area contributed by atoms with E-state index in [-0.39, 0.29) is 11.6 Å². The fourth-order valence-corrected chi connectivity index (χ4v) is 1.46. The average molecular weight is 299 g/mol. The zero-order chi connectivity index (χ0) is 16.0. The van der Waals surface area contributed by atoms with Crippen molar-refractivity contribution in [3.63, 3.8) is 0 Å². The highest BCUT2D eigenvalue weighted by Crippen LogP contribution is 2.08. The molecule has 0 spiro atoms. The summed E-state index contributed by atoms with van der Waals surface area (Å²) in [6, 6.07) is 8.19. The van der Waals surface area contributed by atoms with Crippen LogP contribution in [0, 0.1) is 10.1 Å². The van der Waals surface area contributed by atoms with Gasteiger partial charge in [-0.3, -0.25) is 19.6 Å². The summed E-state index contributed by atoms with van der Waals surface area (Å²) in [7, 11) is 0. The fraction of sp³-hybridized carbons (Fsp3) is 0.273. The molecule has 1 aromatic rings. The monoisotopic (exact) mass is 299 g/mol. The van der Waals surface area contributed by atoms with E-state index in [0.717, 1.165) is 0 Å². The molecule has 2 amide bonds. The second-order valence-corrected chi connectivity index (χ2v) is 3.98. The lowest BCUT2D eigenvalue weighted by Gasteiger charge is -2.22. The summed E-state index contributed by atoms with van der Waals surface area (Å²) in [6.45, 7) is -0.317. The Morgan fingerprint density at radius 3 is 2.43 bits per heavy atom. The summed E-state index contributed by atoms with van der Waals surface area (Å²) in [6.07, 6.45) is -4.51. The number of hydrogen-bond donors (Lipinski definition) is 3. The Kier molecular flexibility index (Phi) is 5.57. The van der Waals surface area contributed by atoms with Gasteiger partial charge in [0.1, 0.15) is 0 Å². The molecule has 10 nitrogen and oxygen atoms in total. The molecule has 0 radical (unpaired) electrons. The van der Waals surface area contributed by atoms with E-state index in [2.05, 4.69) is 4.84 Å². The van der Waals surface area contributed by atoms with Crippen LogP contribution in [0.2, 0.25) is 0 Å². The van der Waals surface area contributed by atoms with Crippen LogP contribution in [0.25, 0.3) is 0 Å². The van der Waals surface area contributed by atoms with Crippen molar-refractivity contribution in [1.29, 1.82) is 0 Å². The highest BCUT2D eigenvalue weighted by atomic mass is 17.0. The second-order valence-electron chi connectivity index (χ2n) is 3.98. The number of hydroxylamine groups is 2. The van der Waals surface area contributed by atoms with Crippen molar-refractivity contribution in [3.05, 3.63) is 46.0 Å². The van der Waals surface area contributed by atoms with Gasteiger partial charge in [-0.2, -0.15) is 0 Å². The van der Waals surface area contributed by atoms with Gasteiger partial charge in [0, 0.05) is 0 Å². The third kappa shape index (κ3) is 4.71. The zero-order valence-electron chi connectivity index (χ0n) is 10.7. The van der Waals surface area contributed by atoms with Crippen LogP contribution in [0.15, 0.2) is 30.3 Å². The molecule has 0 aliphatic rings. The molecule has 21 heavy (non-hydrogen) atoms. The lowest BCUT2D eigenvalue weighted by Crippen LogP contribution is -2.50. The van der Waals surface area contributed by atoms with Gasteiger partial charge in [0.2, 0.25) is 12.0 Å². The van der Waals surface area contributed by atoms with Crippen molar-refractivity contribution in [2.45, 2.75) is 18.8 Å². The largest absolute Gasteiger partial charge is 0.380 e. The summed E-state index contributed by atoms with van der Waals surface area (Å²) in [5.74, 6) is -2.77. The van der Waals surface area contributed by atoms with Crippen LogP contribution in [0.1, 0.15) is 5.56 Å². The number of nitrogens with two attached hydrogens (primary N) is 1. The predicted octanol–water partition coefficient (Wildman–Crippen LogP) is -1.17. The fourth-order valence-electron chi connectivity index (χ4n) is 1.46. The Morgan fingerprint density at radius 2 is 1.95 bits per heavy atom. The van der Waals surface area contributed by atoms with E-state index >= 15 is 0 Å². The maximum atomic E-state index is 11.8. The Balaban J connectivity index is 2.83. The lowest BCUT2D eigenvalue weighted by atomic mass is 10.1. The quantitative estimate of drug-likeness (QED) is 0.325. The van der Waals surface area contributed by atoms with E-state index in [1.807, 2.05) is 0 Å². The Morgan fingerprint density at radius 1 is 1.38 bits per heavy atom. The van der Waals surface area contributed by atoms with Gasteiger partial charge in [0.25, 0.3) is 11.0 Å². The smallest absolute Gasteiger partial charge is 0.295 e. The van der Waals surface area contributed by atoms with Crippen LogP contribution in [-0.4, -0.2) is 44.5 Å². The number of carbonyl (C=O) groups is 2. The van der Waals surface area contributed by atoms with Gasteiger partial charge >= 0.3 is 0 Å². The first kappa shape index (κ1) is 16.3. The Bertz CT molecular complexity index is 522. The molecule has 0 aliphatic carbocycles. The number of benzene rings is 1. The summed E-state index contributed by atoms with van der Waals surface area (Å²) >= 11 is 0. The zero-order valence-corrected chi connectivity index (χ0v) is 10.7. The summed E-state index contributed by atoms with van der Waals surface area (Å²) in [5, 5.41) is 28.0. The second kappa shape index (κ2) is 7.17. The number of aliphatic hydroxyl groups excluding tert-OH is 1. The molecule has 0 saturated heterocycles. The molecule has 2 unspecified atom stereocenters. The molecular formula is C11H13N3O7. The first-order valence-corrected chi connectivity index (χ1v) is 5.65. The number of primary amides is 1. The number of aliphatic hydroxyl groups is 1. The maximum absolute atomic E-state index is 11.8. The van der Waals surface area contributed by atoms with Gasteiger partial charge < -0.3 is 10.8 Å². The van der Waals surface area contributed by atoms with E-state index in [4.69, 9.17) is 5.73 Å². The molecule has 0 fully saturated rings. The highest BCUT2D eigenvalue weighted by molar-refractivity contribution is 5.89. The van der Waals surface area contributed by atoms with Gasteiger partial charge in [-0.1, -0.05) is 30.3 Å². The average Bonchev–Trinajstić information content (AvgIpc) is 2.44. The molecule has 2 atom stereocenters. The highest BCUT2D eigenvalue weighted by Gasteiger charge is 2.37. The third-order valence-electron chi connectivity index (χ3n) is 2.45. The molecule has 0 aromatic heterocycles. The standard InChI is InChI=1S/C11H13N3O7/c12-10(16)8(15)9(21-14(19)20)11(17)13(18)6-7-4-2-1-3-5-7/h1-5,8-9,15,18H,6H2,(H2,12,16). The van der Waals surface area contributed by atoms with Crippen LogP contribution >= 0.6 is 0 Å². The van der Waals surface area contributed by atoms with E-state index in [1.165, 1.54) is 0 Å². The Hall–Kier alpha value is -2.72. The van der Waals surface area contributed by atoms with Crippen LogP contribution in [0.4, 0.5) is 0 Å². The number of nitrogens with zero attached hydrogens (tertiary/aromatic N) is 2. The molecule has 0 heterocycles. The maximum Gasteiger partial charge on any atom is 0.295 e. The summed E-state index contributed by atoms with van der Waals surface area (Å²) in [4.78, 5) is 36.8. The molecule has 114 valence electrons. The van der Waals surface area contributed by atoms with Crippen molar-refractivity contribution < 1.29 is 29.8 Å². The molecule has 10 heteroatoms. The van der Waals surface area contributed by atoms with Crippen LogP contribution in [0.3, 0.4) is 0 Å². The minimum Gasteiger partial charge on any atom is -0.380 e. The minimum atomic E-state index is -2.27. The van der Waals surface area contributed by atoms with Gasteiger partial charge in [0.15, 0.2) is 6.10 Å². The van der Waals surface area contributed by atoms with Gasteiger partial charge in [0.05, 0.1) is 6.54 Å².